The third kappa shape index (κ3) is 2.84. The zero-order valence-electron chi connectivity index (χ0n) is 10.2. The van der Waals surface area contributed by atoms with Gasteiger partial charge in [0.15, 0.2) is 0 Å². The number of rotatable bonds is 4. The summed E-state index contributed by atoms with van der Waals surface area (Å²) in [6, 6.07) is 5.90. The lowest BCUT2D eigenvalue weighted by atomic mass is 10.2. The average Bonchev–Trinajstić information content (AvgIpc) is 2.71. The van der Waals surface area contributed by atoms with Crippen LogP contribution in [0.3, 0.4) is 0 Å². The molecule has 0 fully saturated rings. The van der Waals surface area contributed by atoms with Gasteiger partial charge in [-0.3, -0.25) is 4.79 Å². The summed E-state index contributed by atoms with van der Waals surface area (Å²) in [5.74, 6) is 0.129. The maximum absolute atomic E-state index is 11.4. The van der Waals surface area contributed by atoms with Crippen molar-refractivity contribution < 1.29 is 4.79 Å². The van der Waals surface area contributed by atoms with E-state index in [-0.39, 0.29) is 11.8 Å². The van der Waals surface area contributed by atoms with Gasteiger partial charge < -0.3 is 9.72 Å². The lowest BCUT2D eigenvalue weighted by Crippen LogP contribution is -2.29. The summed E-state index contributed by atoms with van der Waals surface area (Å²) in [5.41, 5.74) is 1.94. The molecule has 1 amide bonds. The molecular formula is C13H17N3O. The average molecular weight is 231 g/mol. The first-order valence-corrected chi connectivity index (χ1v) is 5.87. The molecule has 2 aromatic heterocycles. The summed E-state index contributed by atoms with van der Waals surface area (Å²) in [7, 11) is 0. The van der Waals surface area contributed by atoms with E-state index in [1.807, 2.05) is 48.8 Å². The van der Waals surface area contributed by atoms with Crippen LogP contribution in [0.1, 0.15) is 19.5 Å². The van der Waals surface area contributed by atoms with Crippen LogP contribution in [-0.2, 0) is 11.2 Å². The van der Waals surface area contributed by atoms with Gasteiger partial charge in [-0.25, -0.2) is 4.98 Å². The van der Waals surface area contributed by atoms with Crippen LogP contribution >= 0.6 is 0 Å². The van der Waals surface area contributed by atoms with Crippen LogP contribution < -0.4 is 5.32 Å². The summed E-state index contributed by atoms with van der Waals surface area (Å²) < 4.78 is 1.99. The summed E-state index contributed by atoms with van der Waals surface area (Å²) in [6.07, 6.45) is 4.73. The number of pyridine rings is 1. The topological polar surface area (TPSA) is 46.4 Å². The zero-order chi connectivity index (χ0) is 12.3. The summed E-state index contributed by atoms with van der Waals surface area (Å²) in [5, 5.41) is 2.89. The van der Waals surface area contributed by atoms with Gasteiger partial charge in [-0.15, -0.1) is 0 Å². The first-order valence-electron chi connectivity index (χ1n) is 5.87. The maximum atomic E-state index is 11.4. The number of aromatic nitrogens is 2. The first-order chi connectivity index (χ1) is 8.16. The molecule has 0 bridgehead atoms. The lowest BCUT2D eigenvalue weighted by molar-refractivity contribution is -0.123. The second kappa shape index (κ2) is 4.99. The number of imidazole rings is 1. The smallest absolute Gasteiger partial charge is 0.222 e. The molecule has 1 N–H and O–H groups in total. The number of hydrogen-bond acceptors (Lipinski definition) is 2. The number of nitrogens with one attached hydrogen (secondary N) is 1. The monoisotopic (exact) mass is 231 g/mol. The van der Waals surface area contributed by atoms with Gasteiger partial charge in [-0.05, 0) is 12.1 Å². The summed E-state index contributed by atoms with van der Waals surface area (Å²) in [4.78, 5) is 15.8. The standard InChI is InChI=1S/C13H17N3O/c1-10(2)13(17)14-7-6-11-9-16-8-4-3-5-12(16)15-11/h3-5,8-10H,6-7H2,1-2H3,(H,14,17). The van der Waals surface area contributed by atoms with E-state index in [1.54, 1.807) is 0 Å². The molecule has 0 spiro atoms. The van der Waals surface area contributed by atoms with Crippen molar-refractivity contribution in [1.29, 1.82) is 0 Å². The number of fused-ring (bicyclic) bond motifs is 1. The van der Waals surface area contributed by atoms with Crippen molar-refractivity contribution in [3.8, 4) is 0 Å². The van der Waals surface area contributed by atoms with Crippen molar-refractivity contribution in [3.63, 3.8) is 0 Å². The minimum absolute atomic E-state index is 0.0380. The fraction of sp³-hybridized carbons (Fsp3) is 0.385. The van der Waals surface area contributed by atoms with Crippen molar-refractivity contribution in [3.05, 3.63) is 36.3 Å². The van der Waals surface area contributed by atoms with Crippen LogP contribution in [-0.4, -0.2) is 21.8 Å². The van der Waals surface area contributed by atoms with E-state index in [1.165, 1.54) is 0 Å². The van der Waals surface area contributed by atoms with E-state index in [4.69, 9.17) is 0 Å². The van der Waals surface area contributed by atoms with Gasteiger partial charge in [0.1, 0.15) is 5.65 Å². The highest BCUT2D eigenvalue weighted by Gasteiger charge is 2.06. The quantitative estimate of drug-likeness (QED) is 0.869. The Bertz CT molecular complexity index is 483. The largest absolute Gasteiger partial charge is 0.355 e. The molecule has 4 heteroatoms. The lowest BCUT2D eigenvalue weighted by Gasteiger charge is -2.05. The van der Waals surface area contributed by atoms with Crippen LogP contribution in [0.25, 0.3) is 5.65 Å². The molecule has 0 unspecified atom stereocenters. The number of hydrogen-bond donors (Lipinski definition) is 1. The molecule has 90 valence electrons. The molecule has 0 radical (unpaired) electrons. The second-order valence-electron chi connectivity index (χ2n) is 4.39. The molecule has 0 saturated carbocycles. The second-order valence-corrected chi connectivity index (χ2v) is 4.39. The van der Waals surface area contributed by atoms with Gasteiger partial charge in [0, 0.05) is 31.3 Å². The van der Waals surface area contributed by atoms with Gasteiger partial charge in [0.05, 0.1) is 5.69 Å². The van der Waals surface area contributed by atoms with Crippen molar-refractivity contribution in [2.24, 2.45) is 5.92 Å². The SMILES string of the molecule is CC(C)C(=O)NCCc1cn2ccccc2n1. The van der Waals surface area contributed by atoms with Crippen molar-refractivity contribution in [2.75, 3.05) is 6.54 Å². The number of carbonyl (C=O) groups is 1. The van der Waals surface area contributed by atoms with Gasteiger partial charge in [-0.1, -0.05) is 19.9 Å². The Labute approximate surface area is 101 Å². The maximum Gasteiger partial charge on any atom is 0.222 e. The highest BCUT2D eigenvalue weighted by atomic mass is 16.1. The first kappa shape index (κ1) is 11.6. The Hall–Kier alpha value is -1.84. The van der Waals surface area contributed by atoms with E-state index in [2.05, 4.69) is 10.3 Å². The number of nitrogens with zero attached hydrogens (tertiary/aromatic N) is 2. The predicted molar refractivity (Wildman–Crippen MR) is 66.7 cm³/mol. The molecule has 0 aliphatic rings. The Morgan fingerprint density at radius 3 is 3.00 bits per heavy atom. The van der Waals surface area contributed by atoms with Gasteiger partial charge in [-0.2, -0.15) is 0 Å². The zero-order valence-corrected chi connectivity index (χ0v) is 10.2. The molecular weight excluding hydrogens is 214 g/mol. The van der Waals surface area contributed by atoms with Gasteiger partial charge in [0.2, 0.25) is 5.91 Å². The summed E-state index contributed by atoms with van der Waals surface area (Å²) in [6.45, 7) is 4.42. The molecule has 0 saturated heterocycles. The normalized spacial score (nSPS) is 11.0. The Morgan fingerprint density at radius 1 is 1.47 bits per heavy atom. The molecule has 0 aromatic carbocycles. The number of carbonyl (C=O) groups excluding carboxylic acids is 1. The van der Waals surface area contributed by atoms with Crippen molar-refractivity contribution in [2.45, 2.75) is 20.3 Å². The Morgan fingerprint density at radius 2 is 2.29 bits per heavy atom. The molecule has 0 aliphatic heterocycles. The predicted octanol–water partition coefficient (Wildman–Crippen LogP) is 1.65. The van der Waals surface area contributed by atoms with E-state index >= 15 is 0 Å². The molecule has 2 heterocycles. The Balaban J connectivity index is 1.93. The molecule has 2 rings (SSSR count). The van der Waals surface area contributed by atoms with E-state index in [0.717, 1.165) is 17.8 Å². The minimum Gasteiger partial charge on any atom is -0.355 e. The van der Waals surface area contributed by atoms with Crippen molar-refractivity contribution in [1.82, 2.24) is 14.7 Å². The third-order valence-corrected chi connectivity index (χ3v) is 2.62. The highest BCUT2D eigenvalue weighted by Crippen LogP contribution is 2.04. The van der Waals surface area contributed by atoms with Crippen LogP contribution in [0.2, 0.25) is 0 Å². The van der Waals surface area contributed by atoms with Crippen LogP contribution in [0.5, 0.6) is 0 Å². The third-order valence-electron chi connectivity index (χ3n) is 2.62. The van der Waals surface area contributed by atoms with E-state index in [0.29, 0.717) is 6.54 Å². The van der Waals surface area contributed by atoms with Gasteiger partial charge in [0.25, 0.3) is 0 Å². The fourth-order valence-corrected chi connectivity index (χ4v) is 1.63. The van der Waals surface area contributed by atoms with Crippen LogP contribution in [0.4, 0.5) is 0 Å². The number of amides is 1. The van der Waals surface area contributed by atoms with Crippen LogP contribution in [0.15, 0.2) is 30.6 Å². The molecule has 0 atom stereocenters. The van der Waals surface area contributed by atoms with Gasteiger partial charge >= 0.3 is 0 Å². The fourth-order valence-electron chi connectivity index (χ4n) is 1.63. The molecule has 17 heavy (non-hydrogen) atoms. The minimum atomic E-state index is 0.0380. The summed E-state index contributed by atoms with van der Waals surface area (Å²) >= 11 is 0. The molecule has 2 aromatic rings. The molecule has 0 aliphatic carbocycles. The highest BCUT2D eigenvalue weighted by molar-refractivity contribution is 5.77. The van der Waals surface area contributed by atoms with Crippen LogP contribution in [0, 0.1) is 5.92 Å². The molecule has 4 nitrogen and oxygen atoms in total. The van der Waals surface area contributed by atoms with Crippen molar-refractivity contribution >= 4 is 11.6 Å². The Kier molecular flexibility index (Phi) is 3.42. The van der Waals surface area contributed by atoms with E-state index < -0.39 is 0 Å². The van der Waals surface area contributed by atoms with E-state index in [9.17, 15) is 4.79 Å².